The van der Waals surface area contributed by atoms with Crippen LogP contribution in [0.2, 0.25) is 0 Å². The average Bonchev–Trinajstić information content (AvgIpc) is 3.52. The average molecular weight is 420 g/mol. The molecule has 3 aromatic carbocycles. The van der Waals surface area contributed by atoms with Crippen LogP contribution in [0, 0.1) is 0 Å². The molecule has 0 aliphatic heterocycles. The smallest absolute Gasteiger partial charge is 0.353 e. The van der Waals surface area contributed by atoms with Crippen LogP contribution in [0.15, 0.2) is 103 Å². The van der Waals surface area contributed by atoms with Gasteiger partial charge in [-0.15, -0.1) is 0 Å². The molecule has 6 nitrogen and oxygen atoms in total. The molecule has 0 aliphatic rings. The molecule has 0 aliphatic carbocycles. The summed E-state index contributed by atoms with van der Waals surface area (Å²) in [5.41, 5.74) is 3.63. The highest BCUT2D eigenvalue weighted by Gasteiger charge is 2.41. The van der Waals surface area contributed by atoms with Gasteiger partial charge in [0, 0.05) is 6.07 Å². The first-order valence-electron chi connectivity index (χ1n) is 10.2. The van der Waals surface area contributed by atoms with Gasteiger partial charge in [0.2, 0.25) is 0 Å². The minimum absolute atomic E-state index is 0.0246. The maximum atomic E-state index is 11.3. The van der Waals surface area contributed by atoms with Gasteiger partial charge in [0.25, 0.3) is 0 Å². The zero-order valence-corrected chi connectivity index (χ0v) is 17.1. The summed E-state index contributed by atoms with van der Waals surface area (Å²) in [4.78, 5) is 19.5. The van der Waals surface area contributed by atoms with Gasteiger partial charge < -0.3 is 10.1 Å². The summed E-state index contributed by atoms with van der Waals surface area (Å²) in [6.45, 7) is 0. The molecular formula is C26H20N4O2. The van der Waals surface area contributed by atoms with Crippen LogP contribution >= 0.6 is 0 Å². The van der Waals surface area contributed by atoms with Crippen LogP contribution in [0.1, 0.15) is 33.0 Å². The molecule has 3 N–H and O–H groups in total. The van der Waals surface area contributed by atoms with Gasteiger partial charge in [-0.2, -0.15) is 5.10 Å². The monoisotopic (exact) mass is 420 g/mol. The van der Waals surface area contributed by atoms with Gasteiger partial charge in [-0.25, -0.2) is 9.78 Å². The molecule has 0 radical (unpaired) electrons. The number of hydrogen-bond donors (Lipinski definition) is 3. The number of carboxylic acids is 1. The lowest BCUT2D eigenvalue weighted by atomic mass is 9.69. The first kappa shape index (κ1) is 19.5. The summed E-state index contributed by atoms with van der Waals surface area (Å²) in [6, 6.07) is 32.2. The van der Waals surface area contributed by atoms with Crippen LogP contribution in [0.3, 0.4) is 0 Å². The van der Waals surface area contributed by atoms with E-state index in [4.69, 9.17) is 4.98 Å². The minimum Gasteiger partial charge on any atom is -0.477 e. The number of benzene rings is 3. The van der Waals surface area contributed by atoms with E-state index in [9.17, 15) is 9.90 Å². The molecule has 5 aromatic rings. The Bertz CT molecular complexity index is 1250. The maximum Gasteiger partial charge on any atom is 0.353 e. The van der Waals surface area contributed by atoms with E-state index in [0.717, 1.165) is 22.5 Å². The highest BCUT2D eigenvalue weighted by atomic mass is 16.4. The number of H-pyrrole nitrogens is 2. The predicted molar refractivity (Wildman–Crippen MR) is 121 cm³/mol. The number of aromatic carboxylic acids is 1. The number of hydrogen-bond acceptors (Lipinski definition) is 3. The molecule has 0 spiro atoms. The van der Waals surface area contributed by atoms with E-state index in [2.05, 4.69) is 51.6 Å². The molecule has 5 rings (SSSR count). The summed E-state index contributed by atoms with van der Waals surface area (Å²) < 4.78 is 0. The van der Waals surface area contributed by atoms with Gasteiger partial charge in [-0.1, -0.05) is 91.0 Å². The van der Waals surface area contributed by atoms with Crippen molar-refractivity contribution < 1.29 is 9.90 Å². The molecule has 0 saturated carbocycles. The Morgan fingerprint density at radius 2 is 1.28 bits per heavy atom. The molecule has 0 amide bonds. The summed E-state index contributed by atoms with van der Waals surface area (Å²) in [7, 11) is 0. The number of aromatic nitrogens is 4. The molecule has 0 atom stereocenters. The molecule has 2 aromatic heterocycles. The van der Waals surface area contributed by atoms with Crippen molar-refractivity contribution in [3.8, 4) is 11.4 Å². The summed E-state index contributed by atoms with van der Waals surface area (Å²) >= 11 is 0. The summed E-state index contributed by atoms with van der Waals surface area (Å²) in [5.74, 6) is -0.341. The normalized spacial score (nSPS) is 11.4. The van der Waals surface area contributed by atoms with Gasteiger partial charge >= 0.3 is 5.97 Å². The van der Waals surface area contributed by atoms with Gasteiger partial charge in [0.1, 0.15) is 22.6 Å². The second kappa shape index (κ2) is 8.00. The minimum atomic E-state index is -1.06. The Hall–Kier alpha value is -4.45. The van der Waals surface area contributed by atoms with Crippen molar-refractivity contribution in [1.29, 1.82) is 0 Å². The summed E-state index contributed by atoms with van der Waals surface area (Å²) in [6.07, 6.45) is 1.70. The Balaban J connectivity index is 1.77. The first-order chi connectivity index (χ1) is 15.7. The number of carbonyl (C=O) groups is 1. The van der Waals surface area contributed by atoms with E-state index in [1.54, 1.807) is 6.20 Å². The molecule has 0 unspecified atom stereocenters. The fourth-order valence-electron chi connectivity index (χ4n) is 4.19. The van der Waals surface area contributed by atoms with E-state index < -0.39 is 11.4 Å². The molecule has 0 bridgehead atoms. The molecular weight excluding hydrogens is 400 g/mol. The van der Waals surface area contributed by atoms with Crippen molar-refractivity contribution in [1.82, 2.24) is 20.2 Å². The Morgan fingerprint density at radius 1 is 0.781 bits per heavy atom. The fraction of sp³-hybridized carbons (Fsp3) is 0.0385. The van der Waals surface area contributed by atoms with Gasteiger partial charge in [-0.05, 0) is 16.7 Å². The van der Waals surface area contributed by atoms with E-state index in [-0.39, 0.29) is 5.69 Å². The van der Waals surface area contributed by atoms with Crippen LogP contribution in [0.25, 0.3) is 11.4 Å². The molecule has 0 fully saturated rings. The topological polar surface area (TPSA) is 94.7 Å². The van der Waals surface area contributed by atoms with Crippen molar-refractivity contribution in [2.75, 3.05) is 0 Å². The molecule has 0 saturated heterocycles. The van der Waals surface area contributed by atoms with Gasteiger partial charge in [0.15, 0.2) is 0 Å². The van der Waals surface area contributed by atoms with Gasteiger partial charge in [0.05, 0.1) is 11.9 Å². The van der Waals surface area contributed by atoms with Crippen LogP contribution in [-0.4, -0.2) is 31.2 Å². The number of nitrogens with zero attached hydrogens (tertiary/aromatic N) is 2. The van der Waals surface area contributed by atoms with E-state index in [1.807, 2.05) is 54.6 Å². The van der Waals surface area contributed by atoms with Crippen molar-refractivity contribution in [3.63, 3.8) is 0 Å². The third kappa shape index (κ3) is 3.18. The lowest BCUT2D eigenvalue weighted by Crippen LogP contribution is -2.32. The van der Waals surface area contributed by atoms with Gasteiger partial charge in [-0.3, -0.25) is 5.10 Å². The Labute approximate surface area is 184 Å². The molecule has 6 heteroatoms. The third-order valence-electron chi connectivity index (χ3n) is 5.64. The third-order valence-corrected chi connectivity index (χ3v) is 5.64. The van der Waals surface area contributed by atoms with Crippen LogP contribution < -0.4 is 0 Å². The first-order valence-corrected chi connectivity index (χ1v) is 10.2. The molecule has 2 heterocycles. The highest BCUT2D eigenvalue weighted by molar-refractivity contribution is 5.86. The largest absolute Gasteiger partial charge is 0.477 e. The van der Waals surface area contributed by atoms with Crippen molar-refractivity contribution in [3.05, 3.63) is 131 Å². The zero-order valence-electron chi connectivity index (χ0n) is 17.1. The predicted octanol–water partition coefficient (Wildman–Crippen LogP) is 4.88. The quantitative estimate of drug-likeness (QED) is 0.341. The standard InChI is InChI=1S/C26H20N4O2/c31-24(32)22-16-21(29-30-22)23-17-27-25(28-23)26(18-10-4-1-5-11-18,19-12-6-2-7-13-19)20-14-8-3-9-15-20/h1-17H,(H,27,28)(H,29,30)(H,31,32). The molecule has 32 heavy (non-hydrogen) atoms. The van der Waals surface area contributed by atoms with E-state index in [0.29, 0.717) is 11.4 Å². The second-order valence-corrected chi connectivity index (χ2v) is 7.47. The zero-order chi connectivity index (χ0) is 22.0. The van der Waals surface area contributed by atoms with Crippen LogP contribution in [0.4, 0.5) is 0 Å². The number of aromatic amines is 2. The Morgan fingerprint density at radius 3 is 1.72 bits per heavy atom. The second-order valence-electron chi connectivity index (χ2n) is 7.47. The SMILES string of the molecule is O=C(O)c1cc(-c2cnc(C(c3ccccc3)(c3ccccc3)c3ccccc3)[nH]2)n[nH]1. The number of imidazole rings is 1. The molecule has 156 valence electrons. The lowest BCUT2D eigenvalue weighted by molar-refractivity contribution is 0.0690. The maximum absolute atomic E-state index is 11.3. The van der Waals surface area contributed by atoms with E-state index in [1.165, 1.54) is 6.07 Å². The lowest BCUT2D eigenvalue weighted by Gasteiger charge is -2.34. The number of rotatable bonds is 6. The van der Waals surface area contributed by atoms with Crippen LogP contribution in [-0.2, 0) is 5.41 Å². The van der Waals surface area contributed by atoms with Crippen molar-refractivity contribution in [2.45, 2.75) is 5.41 Å². The number of nitrogens with one attached hydrogen (secondary N) is 2. The fourth-order valence-corrected chi connectivity index (χ4v) is 4.19. The van der Waals surface area contributed by atoms with E-state index >= 15 is 0 Å². The van der Waals surface area contributed by atoms with Crippen LogP contribution in [0.5, 0.6) is 0 Å². The Kier molecular flexibility index (Phi) is 4.88. The highest BCUT2D eigenvalue weighted by Crippen LogP contribution is 2.44. The summed E-state index contributed by atoms with van der Waals surface area (Å²) in [5, 5.41) is 15.9. The number of carboxylic acid groups (broad SMARTS) is 1. The van der Waals surface area contributed by atoms with Crippen molar-refractivity contribution >= 4 is 5.97 Å². The van der Waals surface area contributed by atoms with Crippen molar-refractivity contribution in [2.24, 2.45) is 0 Å².